The number of nitrogens with zero attached hydrogens (tertiary/aromatic N) is 5. The van der Waals surface area contributed by atoms with E-state index >= 15 is 0 Å². The van der Waals surface area contributed by atoms with Gasteiger partial charge in [-0.1, -0.05) is 6.07 Å². The van der Waals surface area contributed by atoms with E-state index in [9.17, 15) is 4.79 Å². The predicted molar refractivity (Wildman–Crippen MR) is 83.4 cm³/mol. The quantitative estimate of drug-likeness (QED) is 0.623. The molecule has 3 aromatic heterocycles. The highest BCUT2D eigenvalue weighted by atomic mass is 16.1. The molecule has 116 valence electrons. The average molecular weight is 310 g/mol. The molecule has 3 heterocycles. The molecule has 0 bridgehead atoms. The summed E-state index contributed by atoms with van der Waals surface area (Å²) < 4.78 is 0. The lowest BCUT2D eigenvalue weighted by Gasteiger charge is -2.03. The molecule has 1 amide bonds. The van der Waals surface area contributed by atoms with Crippen molar-refractivity contribution >= 4 is 17.8 Å². The number of hydrogen-bond donors (Lipinski definition) is 3. The fraction of sp³-hybridized carbons (Fsp3) is 0.143. The molecule has 0 atom stereocenters. The van der Waals surface area contributed by atoms with Gasteiger partial charge in [0.05, 0.1) is 0 Å². The SMILES string of the molecule is O=C(CCNc1ncccn1)Nc1n[nH]c(-c2ccccn2)n1. The van der Waals surface area contributed by atoms with Gasteiger partial charge in [0.25, 0.3) is 0 Å². The number of amides is 1. The predicted octanol–water partition coefficient (Wildman–Crippen LogP) is 1.10. The Morgan fingerprint density at radius 1 is 1.04 bits per heavy atom. The molecule has 0 aromatic carbocycles. The minimum Gasteiger partial charge on any atom is -0.354 e. The topological polar surface area (TPSA) is 121 Å². The number of H-pyrrole nitrogens is 1. The first kappa shape index (κ1) is 14.6. The van der Waals surface area contributed by atoms with Crippen LogP contribution in [0.5, 0.6) is 0 Å². The van der Waals surface area contributed by atoms with Crippen LogP contribution < -0.4 is 10.6 Å². The number of aromatic nitrogens is 6. The van der Waals surface area contributed by atoms with Crippen LogP contribution in [0.25, 0.3) is 11.5 Å². The molecule has 23 heavy (non-hydrogen) atoms. The van der Waals surface area contributed by atoms with Gasteiger partial charge in [-0.3, -0.25) is 20.2 Å². The molecule has 0 fully saturated rings. The summed E-state index contributed by atoms with van der Waals surface area (Å²) in [7, 11) is 0. The summed E-state index contributed by atoms with van der Waals surface area (Å²) in [6, 6.07) is 7.18. The van der Waals surface area contributed by atoms with Gasteiger partial charge in [-0.15, -0.1) is 5.10 Å². The number of carbonyl (C=O) groups excluding carboxylic acids is 1. The largest absolute Gasteiger partial charge is 0.354 e. The average Bonchev–Trinajstić information content (AvgIpc) is 3.05. The Labute approximate surface area is 131 Å². The van der Waals surface area contributed by atoms with Crippen LogP contribution in [0.15, 0.2) is 42.9 Å². The van der Waals surface area contributed by atoms with Gasteiger partial charge in [0.2, 0.25) is 17.8 Å². The van der Waals surface area contributed by atoms with E-state index in [0.29, 0.717) is 24.0 Å². The van der Waals surface area contributed by atoms with Crippen molar-refractivity contribution in [3.8, 4) is 11.5 Å². The van der Waals surface area contributed by atoms with Crippen LogP contribution in [0.3, 0.4) is 0 Å². The van der Waals surface area contributed by atoms with Gasteiger partial charge in [-0.25, -0.2) is 9.97 Å². The van der Waals surface area contributed by atoms with Crippen molar-refractivity contribution < 1.29 is 4.79 Å². The van der Waals surface area contributed by atoms with E-state index in [-0.39, 0.29) is 18.3 Å². The molecule has 0 aliphatic rings. The van der Waals surface area contributed by atoms with Crippen LogP contribution >= 0.6 is 0 Å². The second kappa shape index (κ2) is 7.07. The lowest BCUT2D eigenvalue weighted by atomic mass is 10.3. The maximum absolute atomic E-state index is 11.8. The van der Waals surface area contributed by atoms with Crippen LogP contribution in [-0.2, 0) is 4.79 Å². The van der Waals surface area contributed by atoms with E-state index in [2.05, 4.69) is 40.8 Å². The number of pyridine rings is 1. The Kier molecular flexibility index (Phi) is 4.48. The number of aromatic amines is 1. The highest BCUT2D eigenvalue weighted by Gasteiger charge is 2.09. The number of nitrogens with one attached hydrogen (secondary N) is 3. The summed E-state index contributed by atoms with van der Waals surface area (Å²) in [6.07, 6.45) is 5.16. The third kappa shape index (κ3) is 4.06. The number of anilines is 2. The zero-order chi connectivity index (χ0) is 15.9. The van der Waals surface area contributed by atoms with Gasteiger partial charge < -0.3 is 5.32 Å². The molecule has 3 N–H and O–H groups in total. The summed E-state index contributed by atoms with van der Waals surface area (Å²) in [5, 5.41) is 12.2. The van der Waals surface area contributed by atoms with Gasteiger partial charge in [0.15, 0.2) is 5.82 Å². The zero-order valence-electron chi connectivity index (χ0n) is 12.1. The molecule has 0 aliphatic carbocycles. The standard InChI is InChI=1S/C14H14N8O/c23-11(5-9-18-13-16-7-3-8-17-13)19-14-20-12(21-22-14)10-4-1-2-6-15-10/h1-4,6-8H,5,9H2,(H,16,17,18)(H2,19,20,21,22,23). The van der Waals surface area contributed by atoms with E-state index in [1.807, 2.05) is 12.1 Å². The summed E-state index contributed by atoms with van der Waals surface area (Å²) in [5.74, 6) is 0.985. The molecule has 9 nitrogen and oxygen atoms in total. The van der Waals surface area contributed by atoms with Crippen LogP contribution in [-0.4, -0.2) is 42.6 Å². The van der Waals surface area contributed by atoms with Crippen LogP contribution in [0.4, 0.5) is 11.9 Å². The summed E-state index contributed by atoms with van der Waals surface area (Å²) in [4.78, 5) is 28.2. The van der Waals surface area contributed by atoms with Crippen LogP contribution in [0, 0.1) is 0 Å². The van der Waals surface area contributed by atoms with Gasteiger partial charge in [-0.05, 0) is 18.2 Å². The first-order valence-corrected chi connectivity index (χ1v) is 6.96. The lowest BCUT2D eigenvalue weighted by molar-refractivity contribution is -0.116. The van der Waals surface area contributed by atoms with E-state index in [1.165, 1.54) is 0 Å². The molecule has 0 aliphatic heterocycles. The monoisotopic (exact) mass is 310 g/mol. The molecule has 0 saturated carbocycles. The van der Waals surface area contributed by atoms with E-state index in [0.717, 1.165) is 0 Å². The normalized spacial score (nSPS) is 10.3. The van der Waals surface area contributed by atoms with Crippen LogP contribution in [0.2, 0.25) is 0 Å². The van der Waals surface area contributed by atoms with Crippen molar-refractivity contribution in [1.29, 1.82) is 0 Å². The minimum atomic E-state index is -0.208. The molecule has 0 radical (unpaired) electrons. The molecular weight excluding hydrogens is 296 g/mol. The first-order chi connectivity index (χ1) is 11.3. The Morgan fingerprint density at radius 2 is 1.87 bits per heavy atom. The molecule has 0 unspecified atom stereocenters. The molecule has 0 spiro atoms. The number of hydrogen-bond acceptors (Lipinski definition) is 7. The smallest absolute Gasteiger partial charge is 0.249 e. The highest BCUT2D eigenvalue weighted by molar-refractivity contribution is 5.89. The summed E-state index contributed by atoms with van der Waals surface area (Å²) in [5.41, 5.74) is 0.656. The molecule has 3 rings (SSSR count). The van der Waals surface area contributed by atoms with Crippen molar-refractivity contribution in [2.45, 2.75) is 6.42 Å². The maximum Gasteiger partial charge on any atom is 0.249 e. The Bertz CT molecular complexity index is 759. The van der Waals surface area contributed by atoms with E-state index in [4.69, 9.17) is 0 Å². The van der Waals surface area contributed by atoms with Gasteiger partial charge in [0, 0.05) is 31.6 Å². The van der Waals surface area contributed by atoms with Crippen molar-refractivity contribution in [2.24, 2.45) is 0 Å². The number of carbonyl (C=O) groups is 1. The fourth-order valence-corrected chi connectivity index (χ4v) is 1.80. The third-order valence-corrected chi connectivity index (χ3v) is 2.85. The van der Waals surface area contributed by atoms with Gasteiger partial charge in [0.1, 0.15) is 5.69 Å². The first-order valence-electron chi connectivity index (χ1n) is 6.96. The highest BCUT2D eigenvalue weighted by Crippen LogP contribution is 2.12. The fourth-order valence-electron chi connectivity index (χ4n) is 1.80. The Morgan fingerprint density at radius 3 is 2.65 bits per heavy atom. The summed E-state index contributed by atoms with van der Waals surface area (Å²) >= 11 is 0. The van der Waals surface area contributed by atoms with Crippen molar-refractivity contribution in [3.63, 3.8) is 0 Å². The molecule has 9 heteroatoms. The molecule has 3 aromatic rings. The Hall–Kier alpha value is -3.36. The second-order valence-electron chi connectivity index (χ2n) is 4.52. The van der Waals surface area contributed by atoms with E-state index < -0.39 is 0 Å². The zero-order valence-corrected chi connectivity index (χ0v) is 12.1. The Balaban J connectivity index is 1.49. The maximum atomic E-state index is 11.8. The molecular formula is C14H14N8O. The second-order valence-corrected chi connectivity index (χ2v) is 4.52. The van der Waals surface area contributed by atoms with Crippen molar-refractivity contribution in [3.05, 3.63) is 42.9 Å². The van der Waals surface area contributed by atoms with Crippen molar-refractivity contribution in [1.82, 2.24) is 30.1 Å². The van der Waals surface area contributed by atoms with Gasteiger partial charge >= 0.3 is 0 Å². The number of rotatable bonds is 6. The minimum absolute atomic E-state index is 0.208. The van der Waals surface area contributed by atoms with Crippen molar-refractivity contribution in [2.75, 3.05) is 17.2 Å². The van der Waals surface area contributed by atoms with Crippen LogP contribution in [0.1, 0.15) is 6.42 Å². The third-order valence-electron chi connectivity index (χ3n) is 2.85. The van der Waals surface area contributed by atoms with E-state index in [1.54, 1.807) is 30.7 Å². The molecule has 0 saturated heterocycles. The van der Waals surface area contributed by atoms with Gasteiger partial charge in [-0.2, -0.15) is 4.98 Å². The lowest BCUT2D eigenvalue weighted by Crippen LogP contribution is -2.17. The summed E-state index contributed by atoms with van der Waals surface area (Å²) in [6.45, 7) is 0.410.